The minimum absolute atomic E-state index is 0.0487. The molecule has 1 fully saturated rings. The van der Waals surface area contributed by atoms with Crippen LogP contribution in [0.15, 0.2) is 24.3 Å². The third-order valence-corrected chi connectivity index (χ3v) is 3.01. The van der Waals surface area contributed by atoms with Gasteiger partial charge >= 0.3 is 5.97 Å². The number of esters is 1. The molecule has 13 heavy (non-hydrogen) atoms. The van der Waals surface area contributed by atoms with Crippen LogP contribution in [-0.2, 0) is 9.53 Å². The largest absolute Gasteiger partial charge is 0.469 e. The molecule has 2 nitrogen and oxygen atoms in total. The quantitative estimate of drug-likeness (QED) is 0.573. The fraction of sp³-hybridized carbons (Fsp3) is 0.545. The molecule has 2 rings (SSSR count). The van der Waals surface area contributed by atoms with Gasteiger partial charge in [-0.2, -0.15) is 0 Å². The van der Waals surface area contributed by atoms with Crippen LogP contribution in [0.5, 0.6) is 0 Å². The molecule has 0 unspecified atom stereocenters. The molecule has 0 heterocycles. The molecule has 0 aliphatic heterocycles. The van der Waals surface area contributed by atoms with Gasteiger partial charge in [0, 0.05) is 0 Å². The minimum Gasteiger partial charge on any atom is -0.469 e. The number of methoxy groups -OCH3 is 1. The summed E-state index contributed by atoms with van der Waals surface area (Å²) >= 11 is 0. The van der Waals surface area contributed by atoms with Crippen LogP contribution in [0.4, 0.5) is 0 Å². The Morgan fingerprint density at radius 3 is 2.85 bits per heavy atom. The number of hydrogen-bond donors (Lipinski definition) is 0. The zero-order valence-electron chi connectivity index (χ0n) is 7.77. The average Bonchev–Trinajstić information content (AvgIpc) is 2.37. The van der Waals surface area contributed by atoms with Gasteiger partial charge in [-0.25, -0.2) is 0 Å². The van der Waals surface area contributed by atoms with Crippen molar-refractivity contribution in [1.29, 1.82) is 0 Å². The van der Waals surface area contributed by atoms with Gasteiger partial charge in [-0.15, -0.1) is 0 Å². The van der Waals surface area contributed by atoms with Crippen molar-refractivity contribution in [1.82, 2.24) is 0 Å². The first kappa shape index (κ1) is 8.54. The van der Waals surface area contributed by atoms with Crippen LogP contribution < -0.4 is 0 Å². The monoisotopic (exact) mass is 178 g/mol. The van der Waals surface area contributed by atoms with Crippen molar-refractivity contribution in [3.05, 3.63) is 24.3 Å². The van der Waals surface area contributed by atoms with E-state index in [2.05, 4.69) is 18.2 Å². The van der Waals surface area contributed by atoms with E-state index in [-0.39, 0.29) is 11.9 Å². The van der Waals surface area contributed by atoms with E-state index in [4.69, 9.17) is 4.74 Å². The minimum atomic E-state index is -0.0487. The van der Waals surface area contributed by atoms with E-state index in [0.29, 0.717) is 11.8 Å². The van der Waals surface area contributed by atoms with Gasteiger partial charge in [0.05, 0.1) is 13.0 Å². The van der Waals surface area contributed by atoms with Crippen LogP contribution >= 0.6 is 0 Å². The number of rotatable bonds is 1. The zero-order valence-corrected chi connectivity index (χ0v) is 7.77. The van der Waals surface area contributed by atoms with Crippen LogP contribution in [0.1, 0.15) is 12.8 Å². The molecule has 0 aromatic rings. The topological polar surface area (TPSA) is 26.3 Å². The number of carbonyl (C=O) groups excluding carboxylic acids is 1. The van der Waals surface area contributed by atoms with E-state index in [1.807, 2.05) is 6.08 Å². The van der Waals surface area contributed by atoms with Crippen molar-refractivity contribution in [3.8, 4) is 0 Å². The molecule has 1 saturated carbocycles. The summed E-state index contributed by atoms with van der Waals surface area (Å²) in [5.74, 6) is 1.01. The first-order chi connectivity index (χ1) is 6.31. The number of carbonyl (C=O) groups is 1. The van der Waals surface area contributed by atoms with Gasteiger partial charge in [-0.05, 0) is 24.7 Å². The molecule has 0 N–H and O–H groups in total. The molecule has 0 amide bonds. The standard InChI is InChI=1S/C11H14O2/c1-13-11(12)10-7-8-4-2-3-5-9(10)6-8/h2-5,8-10H,6-7H2,1H3/t8-,9+,10-/m0/s1. The van der Waals surface area contributed by atoms with Crippen LogP contribution in [-0.4, -0.2) is 13.1 Å². The van der Waals surface area contributed by atoms with E-state index in [9.17, 15) is 4.79 Å². The highest BCUT2D eigenvalue weighted by atomic mass is 16.5. The Morgan fingerprint density at radius 1 is 1.31 bits per heavy atom. The maximum atomic E-state index is 11.4. The third kappa shape index (κ3) is 1.53. The molecule has 3 atom stereocenters. The predicted octanol–water partition coefficient (Wildman–Crippen LogP) is 1.93. The summed E-state index contributed by atoms with van der Waals surface area (Å²) in [5.41, 5.74) is 0. The summed E-state index contributed by atoms with van der Waals surface area (Å²) in [4.78, 5) is 11.4. The fourth-order valence-electron chi connectivity index (χ4n) is 2.33. The van der Waals surface area contributed by atoms with Gasteiger partial charge in [0.1, 0.15) is 0 Å². The highest BCUT2D eigenvalue weighted by Gasteiger charge is 2.37. The van der Waals surface area contributed by atoms with Gasteiger partial charge in [-0.1, -0.05) is 24.3 Å². The molecular formula is C11H14O2. The first-order valence-corrected chi connectivity index (χ1v) is 4.74. The number of fused-ring (bicyclic) bond motifs is 2. The first-order valence-electron chi connectivity index (χ1n) is 4.74. The summed E-state index contributed by atoms with van der Waals surface area (Å²) < 4.78 is 4.79. The Labute approximate surface area is 78.3 Å². The van der Waals surface area contributed by atoms with Crippen molar-refractivity contribution in [2.24, 2.45) is 17.8 Å². The highest BCUT2D eigenvalue weighted by Crippen LogP contribution is 2.39. The van der Waals surface area contributed by atoms with E-state index < -0.39 is 0 Å². The number of hydrogen-bond acceptors (Lipinski definition) is 2. The van der Waals surface area contributed by atoms with Gasteiger partial charge < -0.3 is 4.74 Å². The van der Waals surface area contributed by atoms with Crippen LogP contribution in [0, 0.1) is 17.8 Å². The Balaban J connectivity index is 2.14. The molecule has 2 aliphatic carbocycles. The smallest absolute Gasteiger partial charge is 0.309 e. The average molecular weight is 178 g/mol. The van der Waals surface area contributed by atoms with Crippen molar-refractivity contribution in [2.75, 3.05) is 7.11 Å². The zero-order chi connectivity index (χ0) is 9.26. The molecule has 0 spiro atoms. The van der Waals surface area contributed by atoms with Crippen molar-refractivity contribution in [3.63, 3.8) is 0 Å². The van der Waals surface area contributed by atoms with E-state index in [0.717, 1.165) is 12.8 Å². The maximum Gasteiger partial charge on any atom is 0.309 e. The molecule has 2 aliphatic rings. The Hall–Kier alpha value is -1.05. The molecule has 0 aromatic heterocycles. The molecule has 0 aromatic carbocycles. The molecule has 0 radical (unpaired) electrons. The van der Waals surface area contributed by atoms with Gasteiger partial charge in [-0.3, -0.25) is 4.79 Å². The molecule has 0 saturated heterocycles. The summed E-state index contributed by atoms with van der Waals surface area (Å²) in [7, 11) is 1.47. The molecule has 2 bridgehead atoms. The van der Waals surface area contributed by atoms with Gasteiger partial charge in [0.25, 0.3) is 0 Å². The lowest BCUT2D eigenvalue weighted by Crippen LogP contribution is -2.19. The molecular weight excluding hydrogens is 164 g/mol. The SMILES string of the molecule is COC(=O)[C@H]1C[C@H]2C=CC=C[C@@H]1C2. The molecule has 70 valence electrons. The van der Waals surface area contributed by atoms with E-state index in [1.54, 1.807) is 0 Å². The normalized spacial score (nSPS) is 35.9. The number of allylic oxidation sites excluding steroid dienone is 4. The lowest BCUT2D eigenvalue weighted by Gasteiger charge is -2.12. The van der Waals surface area contributed by atoms with Crippen molar-refractivity contribution >= 4 is 5.97 Å². The predicted molar refractivity (Wildman–Crippen MR) is 50.0 cm³/mol. The lowest BCUT2D eigenvalue weighted by atomic mass is 9.95. The second-order valence-electron chi connectivity index (χ2n) is 3.79. The number of ether oxygens (including phenoxy) is 1. The fourth-order valence-corrected chi connectivity index (χ4v) is 2.33. The van der Waals surface area contributed by atoms with Crippen LogP contribution in [0.25, 0.3) is 0 Å². The van der Waals surface area contributed by atoms with Crippen molar-refractivity contribution < 1.29 is 9.53 Å². The van der Waals surface area contributed by atoms with Crippen LogP contribution in [0.3, 0.4) is 0 Å². The lowest BCUT2D eigenvalue weighted by molar-refractivity contribution is -0.146. The summed E-state index contributed by atoms with van der Waals surface area (Å²) in [6, 6.07) is 0. The third-order valence-electron chi connectivity index (χ3n) is 3.01. The van der Waals surface area contributed by atoms with Gasteiger partial charge in [0.15, 0.2) is 0 Å². The van der Waals surface area contributed by atoms with Crippen LogP contribution in [0.2, 0.25) is 0 Å². The summed E-state index contributed by atoms with van der Waals surface area (Å²) in [6.07, 6.45) is 10.5. The van der Waals surface area contributed by atoms with Crippen molar-refractivity contribution in [2.45, 2.75) is 12.8 Å². The highest BCUT2D eigenvalue weighted by molar-refractivity contribution is 5.73. The van der Waals surface area contributed by atoms with E-state index in [1.165, 1.54) is 7.11 Å². The summed E-state index contributed by atoms with van der Waals surface area (Å²) in [6.45, 7) is 0. The second kappa shape index (κ2) is 3.36. The summed E-state index contributed by atoms with van der Waals surface area (Å²) in [5, 5.41) is 0. The Morgan fingerprint density at radius 2 is 2.08 bits per heavy atom. The van der Waals surface area contributed by atoms with E-state index >= 15 is 0 Å². The van der Waals surface area contributed by atoms with Gasteiger partial charge in [0.2, 0.25) is 0 Å². The Bertz CT molecular complexity index is 265. The maximum absolute atomic E-state index is 11.4. The molecule has 2 heteroatoms. The Kier molecular flexibility index (Phi) is 2.21. The second-order valence-corrected chi connectivity index (χ2v) is 3.79.